The summed E-state index contributed by atoms with van der Waals surface area (Å²) >= 11 is 3.19. The molecule has 78 valence electrons. The molecule has 0 aromatic carbocycles. The predicted octanol–water partition coefficient (Wildman–Crippen LogP) is 2.58. The molecule has 0 fully saturated rings. The van der Waals surface area contributed by atoms with Crippen LogP contribution in [-0.2, 0) is 6.54 Å². The standard InChI is InChI=1S/C9H7BrFN3O/c10-7-2-1-6(15-7)4-12-9-3-8(11)13-5-14-9/h1-3,5H,4H2,(H,12,13,14). The lowest BCUT2D eigenvalue weighted by atomic mass is 10.4. The number of nitrogens with one attached hydrogen (secondary N) is 1. The van der Waals surface area contributed by atoms with Gasteiger partial charge in [-0.3, -0.25) is 0 Å². The van der Waals surface area contributed by atoms with Crippen molar-refractivity contribution >= 4 is 21.7 Å². The molecular formula is C9H7BrFN3O. The molecule has 2 heterocycles. The number of furan rings is 1. The third kappa shape index (κ3) is 2.76. The first-order valence-corrected chi connectivity index (χ1v) is 4.99. The molecule has 2 rings (SSSR count). The molecule has 0 aliphatic heterocycles. The Hall–Kier alpha value is -1.43. The molecule has 0 atom stereocenters. The third-order valence-electron chi connectivity index (χ3n) is 1.71. The molecule has 0 bridgehead atoms. The fraction of sp³-hybridized carbons (Fsp3) is 0.111. The zero-order valence-electron chi connectivity index (χ0n) is 7.58. The van der Waals surface area contributed by atoms with E-state index in [1.165, 1.54) is 6.07 Å². The van der Waals surface area contributed by atoms with Crippen LogP contribution in [-0.4, -0.2) is 9.97 Å². The van der Waals surface area contributed by atoms with Crippen LogP contribution >= 0.6 is 15.9 Å². The number of hydrogen-bond donors (Lipinski definition) is 1. The zero-order valence-corrected chi connectivity index (χ0v) is 9.16. The molecule has 0 radical (unpaired) electrons. The highest BCUT2D eigenvalue weighted by molar-refractivity contribution is 9.10. The number of hydrogen-bond acceptors (Lipinski definition) is 4. The highest BCUT2D eigenvalue weighted by atomic mass is 79.9. The van der Waals surface area contributed by atoms with E-state index in [9.17, 15) is 4.39 Å². The molecule has 0 amide bonds. The lowest BCUT2D eigenvalue weighted by Crippen LogP contribution is -2.01. The second-order valence-electron chi connectivity index (χ2n) is 2.79. The van der Waals surface area contributed by atoms with Crippen molar-refractivity contribution in [2.45, 2.75) is 6.54 Å². The third-order valence-corrected chi connectivity index (χ3v) is 2.13. The number of anilines is 1. The molecular weight excluding hydrogens is 265 g/mol. The molecule has 0 spiro atoms. The topological polar surface area (TPSA) is 51.0 Å². The van der Waals surface area contributed by atoms with Gasteiger partial charge in [-0.25, -0.2) is 9.97 Å². The van der Waals surface area contributed by atoms with Gasteiger partial charge >= 0.3 is 0 Å². The average molecular weight is 272 g/mol. The van der Waals surface area contributed by atoms with Crippen molar-refractivity contribution in [3.63, 3.8) is 0 Å². The maximum absolute atomic E-state index is 12.7. The summed E-state index contributed by atoms with van der Waals surface area (Å²) in [5.74, 6) is 0.601. The number of rotatable bonds is 3. The average Bonchev–Trinajstić information content (AvgIpc) is 2.62. The predicted molar refractivity (Wildman–Crippen MR) is 55.7 cm³/mol. The van der Waals surface area contributed by atoms with Gasteiger partial charge in [-0.15, -0.1) is 0 Å². The fourth-order valence-corrected chi connectivity index (χ4v) is 1.39. The maximum Gasteiger partial charge on any atom is 0.217 e. The number of aromatic nitrogens is 2. The van der Waals surface area contributed by atoms with Crippen LogP contribution in [0.1, 0.15) is 5.76 Å². The second-order valence-corrected chi connectivity index (χ2v) is 3.57. The van der Waals surface area contributed by atoms with Crippen molar-refractivity contribution < 1.29 is 8.81 Å². The van der Waals surface area contributed by atoms with E-state index in [0.717, 1.165) is 12.1 Å². The van der Waals surface area contributed by atoms with E-state index in [2.05, 4.69) is 31.2 Å². The van der Waals surface area contributed by atoms with Gasteiger partial charge in [0.25, 0.3) is 0 Å². The van der Waals surface area contributed by atoms with E-state index in [-0.39, 0.29) is 0 Å². The molecule has 15 heavy (non-hydrogen) atoms. The minimum Gasteiger partial charge on any atom is -0.452 e. The summed E-state index contributed by atoms with van der Waals surface area (Å²) in [6.07, 6.45) is 1.16. The first-order valence-electron chi connectivity index (χ1n) is 4.19. The van der Waals surface area contributed by atoms with Gasteiger partial charge in [0.2, 0.25) is 5.95 Å². The Labute approximate surface area is 93.7 Å². The van der Waals surface area contributed by atoms with E-state index in [0.29, 0.717) is 17.0 Å². The van der Waals surface area contributed by atoms with Crippen molar-refractivity contribution in [3.05, 3.63) is 40.9 Å². The smallest absolute Gasteiger partial charge is 0.217 e. The van der Waals surface area contributed by atoms with Gasteiger partial charge in [0.05, 0.1) is 6.54 Å². The molecule has 4 nitrogen and oxygen atoms in total. The van der Waals surface area contributed by atoms with Crippen LogP contribution in [0.3, 0.4) is 0 Å². The zero-order chi connectivity index (χ0) is 10.7. The van der Waals surface area contributed by atoms with E-state index in [4.69, 9.17) is 4.42 Å². The van der Waals surface area contributed by atoms with Crippen LogP contribution in [0, 0.1) is 5.95 Å². The van der Waals surface area contributed by atoms with Crippen LogP contribution in [0.5, 0.6) is 0 Å². The summed E-state index contributed by atoms with van der Waals surface area (Å²) in [5, 5.41) is 2.91. The highest BCUT2D eigenvalue weighted by Crippen LogP contribution is 2.15. The van der Waals surface area contributed by atoms with E-state index < -0.39 is 5.95 Å². The van der Waals surface area contributed by atoms with Gasteiger partial charge in [0, 0.05) is 6.07 Å². The Bertz CT molecular complexity index is 460. The molecule has 6 heteroatoms. The second kappa shape index (κ2) is 4.39. The van der Waals surface area contributed by atoms with Gasteiger partial charge in [-0.05, 0) is 28.1 Å². The molecule has 0 saturated heterocycles. The van der Waals surface area contributed by atoms with Crippen molar-refractivity contribution in [3.8, 4) is 0 Å². The van der Waals surface area contributed by atoms with E-state index in [1.807, 2.05) is 6.07 Å². The van der Waals surface area contributed by atoms with Crippen molar-refractivity contribution in [2.24, 2.45) is 0 Å². The first-order chi connectivity index (χ1) is 7.24. The normalized spacial score (nSPS) is 10.3. The monoisotopic (exact) mass is 271 g/mol. The Morgan fingerprint density at radius 2 is 2.27 bits per heavy atom. The summed E-state index contributed by atoms with van der Waals surface area (Å²) in [6.45, 7) is 0.446. The lowest BCUT2D eigenvalue weighted by molar-refractivity contribution is 0.495. The summed E-state index contributed by atoms with van der Waals surface area (Å²) in [5.41, 5.74) is 0. The van der Waals surface area contributed by atoms with Crippen LogP contribution in [0.15, 0.2) is 33.6 Å². The molecule has 0 aliphatic carbocycles. The first kappa shape index (κ1) is 10.1. The Kier molecular flexibility index (Phi) is 2.96. The quantitative estimate of drug-likeness (QED) is 0.872. The Morgan fingerprint density at radius 1 is 1.40 bits per heavy atom. The minimum atomic E-state index is -0.562. The van der Waals surface area contributed by atoms with Gasteiger partial charge in [0.15, 0.2) is 4.67 Å². The van der Waals surface area contributed by atoms with Gasteiger partial charge < -0.3 is 9.73 Å². The SMILES string of the molecule is Fc1cc(NCc2ccc(Br)o2)ncn1. The lowest BCUT2D eigenvalue weighted by Gasteiger charge is -2.01. The van der Waals surface area contributed by atoms with Gasteiger partial charge in [0.1, 0.15) is 17.9 Å². The minimum absolute atomic E-state index is 0.426. The summed E-state index contributed by atoms with van der Waals surface area (Å²) in [7, 11) is 0. The maximum atomic E-state index is 12.7. The van der Waals surface area contributed by atoms with Crippen LogP contribution in [0.2, 0.25) is 0 Å². The van der Waals surface area contributed by atoms with Crippen LogP contribution in [0.25, 0.3) is 0 Å². The van der Waals surface area contributed by atoms with Crippen LogP contribution in [0.4, 0.5) is 10.2 Å². The van der Waals surface area contributed by atoms with Crippen molar-refractivity contribution in [2.75, 3.05) is 5.32 Å². The number of nitrogens with zero attached hydrogens (tertiary/aromatic N) is 2. The summed E-state index contributed by atoms with van der Waals surface area (Å²) < 4.78 is 18.6. The molecule has 0 aliphatic rings. The fourth-order valence-electron chi connectivity index (χ4n) is 1.05. The Balaban J connectivity index is 1.99. The molecule has 2 aromatic heterocycles. The van der Waals surface area contributed by atoms with Crippen molar-refractivity contribution in [1.29, 1.82) is 0 Å². The van der Waals surface area contributed by atoms with E-state index >= 15 is 0 Å². The van der Waals surface area contributed by atoms with Crippen LogP contribution < -0.4 is 5.32 Å². The summed E-state index contributed by atoms with van der Waals surface area (Å²) in [4.78, 5) is 7.20. The largest absolute Gasteiger partial charge is 0.452 e. The molecule has 2 aromatic rings. The van der Waals surface area contributed by atoms with Gasteiger partial charge in [-0.2, -0.15) is 4.39 Å². The molecule has 0 unspecified atom stereocenters. The highest BCUT2D eigenvalue weighted by Gasteiger charge is 2.01. The van der Waals surface area contributed by atoms with E-state index in [1.54, 1.807) is 6.07 Å². The molecule has 1 N–H and O–H groups in total. The van der Waals surface area contributed by atoms with Crippen molar-refractivity contribution in [1.82, 2.24) is 9.97 Å². The Morgan fingerprint density at radius 3 is 2.93 bits per heavy atom. The van der Waals surface area contributed by atoms with Gasteiger partial charge in [-0.1, -0.05) is 0 Å². The number of halogens is 2. The molecule has 0 saturated carbocycles. The summed E-state index contributed by atoms with van der Waals surface area (Å²) in [6, 6.07) is 4.82.